The summed E-state index contributed by atoms with van der Waals surface area (Å²) in [6.07, 6.45) is 3.01. The Balaban J connectivity index is 1.68. The van der Waals surface area contributed by atoms with E-state index in [0.29, 0.717) is 23.6 Å². The molecule has 0 fully saturated rings. The molecule has 31 heavy (non-hydrogen) atoms. The molecule has 0 atom stereocenters. The number of anilines is 1. The molecule has 1 N–H and O–H groups in total. The van der Waals surface area contributed by atoms with Gasteiger partial charge < -0.3 is 4.90 Å². The molecule has 0 unspecified atom stereocenters. The molecule has 7 nitrogen and oxygen atoms in total. The minimum Gasteiger partial charge on any atom is -0.355 e. The molecule has 2 aromatic carbocycles. The third-order valence-electron chi connectivity index (χ3n) is 4.77. The maximum atomic E-state index is 13.1. The average molecular weight is 411 g/mol. The van der Waals surface area contributed by atoms with Crippen molar-refractivity contribution in [3.63, 3.8) is 0 Å². The number of rotatable bonds is 6. The molecule has 154 valence electrons. The van der Waals surface area contributed by atoms with E-state index in [0.717, 1.165) is 5.56 Å². The summed E-state index contributed by atoms with van der Waals surface area (Å²) in [5.41, 5.74) is 4.60. The number of carbonyl (C=O) groups excluding carboxylic acids is 1. The van der Waals surface area contributed by atoms with E-state index < -0.39 is 0 Å². The number of benzene rings is 2. The van der Waals surface area contributed by atoms with Crippen LogP contribution in [-0.4, -0.2) is 28.6 Å². The Kier molecular flexibility index (Phi) is 5.84. The van der Waals surface area contributed by atoms with E-state index >= 15 is 0 Å². The predicted molar refractivity (Wildman–Crippen MR) is 122 cm³/mol. The van der Waals surface area contributed by atoms with E-state index in [4.69, 9.17) is 0 Å². The Labute approximate surface area is 179 Å². The molecule has 2 aromatic heterocycles. The van der Waals surface area contributed by atoms with Crippen molar-refractivity contribution in [1.82, 2.24) is 14.8 Å². The van der Waals surface area contributed by atoms with Crippen LogP contribution in [0.15, 0.2) is 95.0 Å². The molecule has 0 radical (unpaired) electrons. The van der Waals surface area contributed by atoms with Crippen molar-refractivity contribution in [2.45, 2.75) is 6.54 Å². The maximum absolute atomic E-state index is 13.1. The molecule has 7 heteroatoms. The number of nitrogens with zero attached hydrogens (tertiary/aromatic N) is 4. The van der Waals surface area contributed by atoms with Crippen molar-refractivity contribution in [3.05, 3.63) is 112 Å². The summed E-state index contributed by atoms with van der Waals surface area (Å²) in [7, 11) is 1.87. The van der Waals surface area contributed by atoms with Crippen molar-refractivity contribution < 1.29 is 4.79 Å². The van der Waals surface area contributed by atoms with E-state index in [2.05, 4.69) is 15.5 Å². The normalized spacial score (nSPS) is 11.0. The second kappa shape index (κ2) is 9.04. The van der Waals surface area contributed by atoms with E-state index in [1.807, 2.05) is 54.4 Å². The molecular weight excluding hydrogens is 390 g/mol. The first-order chi connectivity index (χ1) is 15.1. The number of pyridine rings is 1. The van der Waals surface area contributed by atoms with Gasteiger partial charge in [0.2, 0.25) is 0 Å². The highest BCUT2D eigenvalue weighted by atomic mass is 16.2. The number of fused-ring (bicyclic) bond motifs is 1. The first-order valence-corrected chi connectivity index (χ1v) is 9.78. The van der Waals surface area contributed by atoms with Gasteiger partial charge in [-0.2, -0.15) is 5.10 Å². The molecule has 0 spiro atoms. The van der Waals surface area contributed by atoms with Crippen molar-refractivity contribution in [2.75, 3.05) is 11.9 Å². The highest BCUT2D eigenvalue weighted by molar-refractivity contribution is 5.95. The van der Waals surface area contributed by atoms with Gasteiger partial charge in [-0.05, 0) is 29.8 Å². The quantitative estimate of drug-likeness (QED) is 0.391. The molecule has 0 aliphatic rings. The number of nitrogens with one attached hydrogen (secondary N) is 1. The zero-order valence-electron chi connectivity index (χ0n) is 17.0. The summed E-state index contributed by atoms with van der Waals surface area (Å²) >= 11 is 0. The number of hydrazone groups is 1. The Morgan fingerprint density at radius 3 is 2.45 bits per heavy atom. The van der Waals surface area contributed by atoms with E-state index in [1.54, 1.807) is 42.6 Å². The predicted octanol–water partition coefficient (Wildman–Crippen LogP) is 3.09. The Hall–Kier alpha value is -4.26. The third-order valence-corrected chi connectivity index (χ3v) is 4.77. The van der Waals surface area contributed by atoms with Crippen molar-refractivity contribution >= 4 is 23.6 Å². The molecule has 4 rings (SSSR count). The van der Waals surface area contributed by atoms with Crippen molar-refractivity contribution in [3.8, 4) is 0 Å². The zero-order valence-corrected chi connectivity index (χ0v) is 17.0. The van der Waals surface area contributed by atoms with Crippen LogP contribution >= 0.6 is 0 Å². The van der Waals surface area contributed by atoms with Crippen LogP contribution in [0.3, 0.4) is 0 Å². The lowest BCUT2D eigenvalue weighted by Crippen LogP contribution is -2.28. The summed E-state index contributed by atoms with van der Waals surface area (Å²) in [4.78, 5) is 32.0. The highest BCUT2D eigenvalue weighted by Gasteiger charge is 2.15. The van der Waals surface area contributed by atoms with Crippen LogP contribution in [0.25, 0.3) is 5.65 Å². The van der Waals surface area contributed by atoms with Gasteiger partial charge in [0.15, 0.2) is 0 Å². The molecule has 0 saturated heterocycles. The summed E-state index contributed by atoms with van der Waals surface area (Å²) in [5.74, 6) is 0.127. The summed E-state index contributed by atoms with van der Waals surface area (Å²) in [6, 6.07) is 24.0. The van der Waals surface area contributed by atoms with E-state index in [1.165, 1.54) is 10.6 Å². The molecular formula is C24H21N5O2. The standard InChI is InChI=1S/C24H21N5O2/c1-28(17-18-10-4-2-5-11-18)22-20(24(31)29-15-9-8-14-21(29)26-22)16-25-27-23(30)19-12-6-3-7-13-19/h2-16H,17H2,1H3,(H,27,30)/b25-16-. The van der Waals surface area contributed by atoms with Crippen LogP contribution in [-0.2, 0) is 6.54 Å². The molecule has 0 aliphatic carbocycles. The summed E-state index contributed by atoms with van der Waals surface area (Å²) in [6.45, 7) is 0.563. The maximum Gasteiger partial charge on any atom is 0.271 e. The van der Waals surface area contributed by atoms with Gasteiger partial charge in [-0.15, -0.1) is 0 Å². The third kappa shape index (κ3) is 4.51. The lowest BCUT2D eigenvalue weighted by Gasteiger charge is -2.20. The van der Waals surface area contributed by atoms with Gasteiger partial charge in [0.25, 0.3) is 11.5 Å². The fraction of sp³-hybridized carbons (Fsp3) is 0.0833. The Morgan fingerprint density at radius 2 is 1.71 bits per heavy atom. The molecule has 2 heterocycles. The van der Waals surface area contributed by atoms with Crippen molar-refractivity contribution in [1.29, 1.82) is 0 Å². The summed E-state index contributed by atoms with van der Waals surface area (Å²) in [5, 5.41) is 4.03. The minimum atomic E-state index is -0.357. The zero-order chi connectivity index (χ0) is 21.6. The molecule has 4 aromatic rings. The number of hydrogen-bond acceptors (Lipinski definition) is 5. The second-order valence-corrected chi connectivity index (χ2v) is 6.99. The summed E-state index contributed by atoms with van der Waals surface area (Å²) < 4.78 is 1.46. The van der Waals surface area contributed by atoms with E-state index in [9.17, 15) is 9.59 Å². The van der Waals surface area contributed by atoms with Crippen molar-refractivity contribution in [2.24, 2.45) is 5.10 Å². The largest absolute Gasteiger partial charge is 0.355 e. The topological polar surface area (TPSA) is 79.1 Å². The van der Waals surface area contributed by atoms with Gasteiger partial charge in [-0.3, -0.25) is 14.0 Å². The molecule has 0 saturated carbocycles. The molecule has 0 bridgehead atoms. The lowest BCUT2D eigenvalue weighted by atomic mass is 10.2. The SMILES string of the molecule is CN(Cc1ccccc1)c1nc2ccccn2c(=O)c1/C=N\NC(=O)c1ccccc1. The van der Waals surface area contributed by atoms with Gasteiger partial charge in [0, 0.05) is 25.4 Å². The first kappa shape index (κ1) is 20.0. The number of hydrogen-bond donors (Lipinski definition) is 1. The number of aromatic nitrogens is 2. The minimum absolute atomic E-state index is 0.266. The number of carbonyl (C=O) groups is 1. The average Bonchev–Trinajstić information content (AvgIpc) is 2.81. The molecule has 0 aliphatic heterocycles. The van der Waals surface area contributed by atoms with Crippen LogP contribution in [0, 0.1) is 0 Å². The van der Waals surface area contributed by atoms with Crippen LogP contribution in [0.2, 0.25) is 0 Å². The van der Waals surface area contributed by atoms with E-state index in [-0.39, 0.29) is 17.0 Å². The van der Waals surface area contributed by atoms with Gasteiger partial charge >= 0.3 is 0 Å². The Bertz CT molecular complexity index is 1280. The Morgan fingerprint density at radius 1 is 1.03 bits per heavy atom. The highest BCUT2D eigenvalue weighted by Crippen LogP contribution is 2.16. The molecule has 1 amide bonds. The smallest absolute Gasteiger partial charge is 0.271 e. The van der Waals surface area contributed by atoms with Gasteiger partial charge in [0.05, 0.1) is 6.21 Å². The monoisotopic (exact) mass is 411 g/mol. The van der Waals surface area contributed by atoms with Gasteiger partial charge in [-0.25, -0.2) is 10.4 Å². The van der Waals surface area contributed by atoms with Gasteiger partial charge in [0.1, 0.15) is 17.0 Å². The number of amides is 1. The van der Waals surface area contributed by atoms with Crippen LogP contribution in [0.4, 0.5) is 5.82 Å². The second-order valence-electron chi connectivity index (χ2n) is 6.99. The van der Waals surface area contributed by atoms with Crippen LogP contribution in [0.1, 0.15) is 21.5 Å². The van der Waals surface area contributed by atoms with Gasteiger partial charge in [-0.1, -0.05) is 54.6 Å². The van der Waals surface area contributed by atoms with Crippen LogP contribution in [0.5, 0.6) is 0 Å². The lowest BCUT2D eigenvalue weighted by molar-refractivity contribution is 0.0955. The van der Waals surface area contributed by atoms with Crippen LogP contribution < -0.4 is 15.9 Å². The fourth-order valence-corrected chi connectivity index (χ4v) is 3.24. The fourth-order valence-electron chi connectivity index (χ4n) is 3.24. The first-order valence-electron chi connectivity index (χ1n) is 9.78.